The average Bonchev–Trinajstić information content (AvgIpc) is 3.83. The number of hydrogen-bond donors (Lipinski definition) is 2. The molecule has 7 rings (SSSR count). The molecule has 5 atom stereocenters. The molecule has 4 heterocycles. The Balaban J connectivity index is 1.13. The molecule has 11 nitrogen and oxygen atoms in total. The molecule has 244 valence electrons. The number of para-hydroxylation sites is 1. The van der Waals surface area contributed by atoms with Gasteiger partial charge in [-0.3, -0.25) is 14.4 Å². The highest BCUT2D eigenvalue weighted by Gasteiger charge is 2.66. The second kappa shape index (κ2) is 12.0. The number of amides is 2. The van der Waals surface area contributed by atoms with Gasteiger partial charge in [0.15, 0.2) is 13.9 Å². The fourth-order valence-corrected chi connectivity index (χ4v) is 10.3. The van der Waals surface area contributed by atoms with E-state index in [0.717, 1.165) is 28.1 Å². The predicted molar refractivity (Wildman–Crippen MR) is 177 cm³/mol. The van der Waals surface area contributed by atoms with Crippen LogP contribution in [0.1, 0.15) is 41.8 Å². The molecule has 2 saturated heterocycles. The van der Waals surface area contributed by atoms with Gasteiger partial charge in [-0.25, -0.2) is 4.79 Å². The smallest absolute Gasteiger partial charge is 0.414 e. The van der Waals surface area contributed by atoms with Crippen molar-refractivity contribution < 1.29 is 29.0 Å². The maximum Gasteiger partial charge on any atom is 0.414 e. The van der Waals surface area contributed by atoms with Crippen LogP contribution in [-0.2, 0) is 33.0 Å². The SMILES string of the molecule is C[C@@H]1[C@@H]([Si](C)(C)O)[C@H](CCn2cc([C@H](O)c3ccccc3)nn2)O[C@@]12C(=O)N(Cc1ccc(N3CCOC3=O)cc1)c1ccccc12. The van der Waals surface area contributed by atoms with E-state index in [4.69, 9.17) is 9.47 Å². The van der Waals surface area contributed by atoms with Gasteiger partial charge in [0.05, 0.1) is 31.1 Å². The van der Waals surface area contributed by atoms with E-state index in [1.54, 1.807) is 20.7 Å². The van der Waals surface area contributed by atoms with Gasteiger partial charge in [-0.15, -0.1) is 5.10 Å². The first-order valence-electron chi connectivity index (χ1n) is 16.1. The van der Waals surface area contributed by atoms with Crippen LogP contribution < -0.4 is 9.80 Å². The normalized spacial score (nSPS) is 24.7. The number of aliphatic hydroxyl groups is 1. The number of benzene rings is 3. The van der Waals surface area contributed by atoms with E-state index in [9.17, 15) is 19.5 Å². The second-order valence-electron chi connectivity index (χ2n) is 13.2. The number of ether oxygens (including phenoxy) is 2. The minimum Gasteiger partial charge on any atom is -0.447 e. The van der Waals surface area contributed by atoms with Crippen LogP contribution in [0, 0.1) is 5.92 Å². The molecular weight excluding hydrogens is 614 g/mol. The van der Waals surface area contributed by atoms with Crippen LogP contribution in [0.3, 0.4) is 0 Å². The summed E-state index contributed by atoms with van der Waals surface area (Å²) in [6.45, 7) is 7.50. The van der Waals surface area contributed by atoms with Crippen LogP contribution >= 0.6 is 0 Å². The van der Waals surface area contributed by atoms with Gasteiger partial charge in [0.1, 0.15) is 18.4 Å². The number of nitrogens with zero attached hydrogens (tertiary/aromatic N) is 5. The Morgan fingerprint density at radius 3 is 2.45 bits per heavy atom. The lowest BCUT2D eigenvalue weighted by Gasteiger charge is -2.32. The first kappa shape index (κ1) is 31.2. The molecule has 4 aromatic rings. The zero-order chi connectivity index (χ0) is 32.9. The summed E-state index contributed by atoms with van der Waals surface area (Å²) in [4.78, 5) is 41.6. The number of carbonyl (C=O) groups is 2. The fourth-order valence-electron chi connectivity index (χ4n) is 7.66. The molecule has 0 unspecified atom stereocenters. The van der Waals surface area contributed by atoms with E-state index in [2.05, 4.69) is 10.3 Å². The van der Waals surface area contributed by atoms with E-state index < -0.39 is 26.1 Å². The third-order valence-electron chi connectivity index (χ3n) is 9.84. The van der Waals surface area contributed by atoms with E-state index in [1.807, 2.05) is 98.9 Å². The number of aromatic nitrogens is 3. The maximum atomic E-state index is 14.6. The van der Waals surface area contributed by atoms with E-state index in [-0.39, 0.29) is 23.5 Å². The molecule has 0 aliphatic carbocycles. The summed E-state index contributed by atoms with van der Waals surface area (Å²) in [6.07, 6.45) is 0.592. The Morgan fingerprint density at radius 1 is 1.02 bits per heavy atom. The standard InChI is InChI=1S/C35H39N5O6Si/c1-23-32(47(2,3)44)30(17-18-38-22-28(36-37-38)31(41)25-9-5-4-6-10-25)46-35(23)27-11-7-8-12-29(27)40(33(35)42)21-24-13-15-26(16-14-24)39-19-20-45-34(39)43/h4-16,22-23,30-32,41,44H,17-21H2,1-3H3/t23-,30+,31-,32-,35+/m1/s1. The highest BCUT2D eigenvalue weighted by atomic mass is 28.4. The largest absolute Gasteiger partial charge is 0.447 e. The van der Waals surface area contributed by atoms with Crippen molar-refractivity contribution in [1.29, 1.82) is 0 Å². The molecule has 12 heteroatoms. The van der Waals surface area contributed by atoms with Crippen LogP contribution in [0.15, 0.2) is 85.1 Å². The third kappa shape index (κ3) is 5.44. The molecule has 2 N–H and O–H groups in total. The maximum absolute atomic E-state index is 14.6. The monoisotopic (exact) mass is 653 g/mol. The number of aliphatic hydroxyl groups excluding tert-OH is 1. The molecule has 47 heavy (non-hydrogen) atoms. The Hall–Kier alpha value is -4.36. The highest BCUT2D eigenvalue weighted by molar-refractivity contribution is 6.71. The molecule has 3 aliphatic rings. The minimum atomic E-state index is -2.83. The van der Waals surface area contributed by atoms with Gasteiger partial charge in [0, 0.05) is 29.3 Å². The van der Waals surface area contributed by atoms with E-state index in [1.165, 1.54) is 0 Å². The van der Waals surface area contributed by atoms with Crippen LogP contribution in [-0.4, -0.2) is 64.5 Å². The predicted octanol–water partition coefficient (Wildman–Crippen LogP) is 4.75. The van der Waals surface area contributed by atoms with Gasteiger partial charge in [-0.05, 0) is 48.8 Å². The van der Waals surface area contributed by atoms with Crippen LogP contribution in [0.2, 0.25) is 18.6 Å². The van der Waals surface area contributed by atoms with Crippen molar-refractivity contribution in [1.82, 2.24) is 15.0 Å². The number of rotatable bonds is 9. The van der Waals surface area contributed by atoms with Crippen molar-refractivity contribution in [3.8, 4) is 0 Å². The molecular formula is C35H39N5O6Si. The van der Waals surface area contributed by atoms with Gasteiger partial charge in [0.25, 0.3) is 5.91 Å². The molecule has 2 fully saturated rings. The number of cyclic esters (lactones) is 1. The molecule has 0 radical (unpaired) electrons. The van der Waals surface area contributed by atoms with Crippen molar-refractivity contribution in [3.05, 3.63) is 107 Å². The summed E-state index contributed by atoms with van der Waals surface area (Å²) in [7, 11) is -2.83. The summed E-state index contributed by atoms with van der Waals surface area (Å²) in [6, 6.07) is 24.7. The van der Waals surface area contributed by atoms with Crippen molar-refractivity contribution in [2.75, 3.05) is 23.0 Å². The van der Waals surface area contributed by atoms with Crippen LogP contribution in [0.25, 0.3) is 0 Å². The van der Waals surface area contributed by atoms with Crippen molar-refractivity contribution in [3.63, 3.8) is 0 Å². The zero-order valence-corrected chi connectivity index (χ0v) is 27.7. The fraction of sp³-hybridized carbons (Fsp3) is 0.371. The summed E-state index contributed by atoms with van der Waals surface area (Å²) in [5, 5.41) is 19.3. The molecule has 3 aliphatic heterocycles. The molecule has 0 bridgehead atoms. The quantitative estimate of drug-likeness (QED) is 0.248. The number of fused-ring (bicyclic) bond motifs is 2. The van der Waals surface area contributed by atoms with Gasteiger partial charge < -0.3 is 24.3 Å². The van der Waals surface area contributed by atoms with E-state index in [0.29, 0.717) is 38.4 Å². The number of carbonyl (C=O) groups excluding carboxylic acids is 2. The first-order valence-corrected chi connectivity index (χ1v) is 19.1. The Bertz CT molecular complexity index is 1780. The van der Waals surface area contributed by atoms with Gasteiger partial charge in [-0.1, -0.05) is 72.8 Å². The molecule has 2 amide bonds. The summed E-state index contributed by atoms with van der Waals surface area (Å²) in [5.74, 6) is -0.425. The van der Waals surface area contributed by atoms with Crippen LogP contribution in [0.5, 0.6) is 0 Å². The van der Waals surface area contributed by atoms with Crippen LogP contribution in [0.4, 0.5) is 16.2 Å². The summed E-state index contributed by atoms with van der Waals surface area (Å²) in [5.41, 5.74) is 2.99. The first-order chi connectivity index (χ1) is 22.6. The molecule has 1 spiro atoms. The number of aryl methyl sites for hydroxylation is 1. The summed E-state index contributed by atoms with van der Waals surface area (Å²) >= 11 is 0. The van der Waals surface area contributed by atoms with Gasteiger partial charge in [-0.2, -0.15) is 0 Å². The lowest BCUT2D eigenvalue weighted by atomic mass is 9.82. The average molecular weight is 654 g/mol. The van der Waals surface area contributed by atoms with Crippen molar-refractivity contribution in [2.45, 2.75) is 62.9 Å². The Kier molecular flexibility index (Phi) is 7.99. The summed E-state index contributed by atoms with van der Waals surface area (Å²) < 4.78 is 13.7. The van der Waals surface area contributed by atoms with Crippen molar-refractivity contribution in [2.24, 2.45) is 5.92 Å². The van der Waals surface area contributed by atoms with Gasteiger partial charge >= 0.3 is 6.09 Å². The number of hydrogen-bond acceptors (Lipinski definition) is 8. The van der Waals surface area contributed by atoms with Crippen molar-refractivity contribution >= 4 is 31.7 Å². The lowest BCUT2D eigenvalue weighted by Crippen LogP contribution is -2.46. The topological polar surface area (TPSA) is 130 Å². The highest BCUT2D eigenvalue weighted by Crippen LogP contribution is 2.59. The number of anilines is 2. The Labute approximate surface area is 274 Å². The van der Waals surface area contributed by atoms with Gasteiger partial charge in [0.2, 0.25) is 0 Å². The molecule has 3 aromatic carbocycles. The lowest BCUT2D eigenvalue weighted by molar-refractivity contribution is -0.146. The molecule has 0 saturated carbocycles. The Morgan fingerprint density at radius 2 is 1.74 bits per heavy atom. The molecule has 1 aromatic heterocycles. The third-order valence-corrected chi connectivity index (χ3v) is 12.3. The zero-order valence-electron chi connectivity index (χ0n) is 26.7. The minimum absolute atomic E-state index is 0.141. The second-order valence-corrected chi connectivity index (χ2v) is 17.2. The van der Waals surface area contributed by atoms with E-state index >= 15 is 0 Å².